The molecule has 0 aliphatic rings. The summed E-state index contributed by atoms with van der Waals surface area (Å²) in [7, 11) is 0. The highest BCUT2D eigenvalue weighted by Crippen LogP contribution is 2.39. The van der Waals surface area contributed by atoms with Crippen LogP contribution in [0, 0.1) is 0 Å². The number of rotatable bonds is 9. The molecule has 0 unspecified atom stereocenters. The second-order valence-corrected chi connectivity index (χ2v) is 13.4. The van der Waals surface area contributed by atoms with Gasteiger partial charge in [-0.25, -0.2) is 0 Å². The lowest BCUT2D eigenvalue weighted by atomic mass is 9.93. The monoisotopic (exact) mass is 608 g/mol. The van der Waals surface area contributed by atoms with Crippen molar-refractivity contribution in [2.75, 3.05) is 33.6 Å². The molecule has 8 aromatic carbocycles. The SMILES string of the molecule is O=C(CSCCSCC(=O)Nc1ccc2ccc3cccc4ccc1c2c34)Nc1ccc2ccc3cccc4ccc1c2c34. The number of benzene rings is 8. The van der Waals surface area contributed by atoms with Crippen LogP contribution in [0.1, 0.15) is 0 Å². The molecule has 0 aromatic heterocycles. The molecule has 4 nitrogen and oxygen atoms in total. The van der Waals surface area contributed by atoms with Crippen LogP contribution in [0.5, 0.6) is 0 Å². The summed E-state index contributed by atoms with van der Waals surface area (Å²) in [6.45, 7) is 0. The molecule has 8 rings (SSSR count). The number of anilines is 2. The number of amides is 2. The molecule has 8 aromatic rings. The Labute approximate surface area is 262 Å². The Bertz CT molecular complexity index is 2150. The topological polar surface area (TPSA) is 58.2 Å². The minimum atomic E-state index is -0.0122. The number of thioether (sulfide) groups is 2. The first-order chi connectivity index (χ1) is 21.6. The van der Waals surface area contributed by atoms with Gasteiger partial charge >= 0.3 is 0 Å². The minimum Gasteiger partial charge on any atom is -0.325 e. The molecule has 44 heavy (non-hydrogen) atoms. The molecule has 0 heterocycles. The Hall–Kier alpha value is -4.52. The van der Waals surface area contributed by atoms with Gasteiger partial charge in [0.15, 0.2) is 0 Å². The minimum absolute atomic E-state index is 0.0122. The van der Waals surface area contributed by atoms with Crippen molar-refractivity contribution in [1.82, 2.24) is 0 Å². The van der Waals surface area contributed by atoms with Gasteiger partial charge in [0.1, 0.15) is 0 Å². The fourth-order valence-electron chi connectivity index (χ4n) is 6.51. The first-order valence-electron chi connectivity index (χ1n) is 14.7. The predicted molar refractivity (Wildman–Crippen MR) is 192 cm³/mol. The number of carbonyl (C=O) groups is 2. The molecule has 2 amide bonds. The van der Waals surface area contributed by atoms with Gasteiger partial charge in [-0.2, -0.15) is 23.5 Å². The number of hydrogen-bond donors (Lipinski definition) is 2. The quantitative estimate of drug-likeness (QED) is 0.127. The molecule has 0 atom stereocenters. The van der Waals surface area contributed by atoms with E-state index in [1.165, 1.54) is 53.9 Å². The molecule has 0 aliphatic carbocycles. The van der Waals surface area contributed by atoms with E-state index in [1.54, 1.807) is 23.5 Å². The van der Waals surface area contributed by atoms with Crippen molar-refractivity contribution in [2.24, 2.45) is 0 Å². The Morgan fingerprint density at radius 3 is 1.18 bits per heavy atom. The van der Waals surface area contributed by atoms with Crippen LogP contribution in [0.2, 0.25) is 0 Å². The van der Waals surface area contributed by atoms with Gasteiger partial charge in [0, 0.05) is 33.7 Å². The Morgan fingerprint density at radius 1 is 0.432 bits per heavy atom. The zero-order chi connectivity index (χ0) is 29.6. The van der Waals surface area contributed by atoms with Gasteiger partial charge in [-0.3, -0.25) is 9.59 Å². The van der Waals surface area contributed by atoms with Crippen molar-refractivity contribution >= 4 is 111 Å². The van der Waals surface area contributed by atoms with Crippen LogP contribution >= 0.6 is 23.5 Å². The molecule has 214 valence electrons. The predicted octanol–water partition coefficient (Wildman–Crippen LogP) is 9.52. The third-order valence-electron chi connectivity index (χ3n) is 8.44. The summed E-state index contributed by atoms with van der Waals surface area (Å²) >= 11 is 3.18. The molecule has 2 N–H and O–H groups in total. The molecular formula is C38H28N2O2S2. The zero-order valence-corrected chi connectivity index (χ0v) is 25.5. The summed E-state index contributed by atoms with van der Waals surface area (Å²) < 4.78 is 0. The highest BCUT2D eigenvalue weighted by Gasteiger charge is 2.14. The molecule has 0 saturated carbocycles. The van der Waals surface area contributed by atoms with Crippen molar-refractivity contribution in [2.45, 2.75) is 0 Å². The summed E-state index contributed by atoms with van der Waals surface area (Å²) in [4.78, 5) is 25.7. The van der Waals surface area contributed by atoms with Crippen LogP contribution in [0.15, 0.2) is 109 Å². The van der Waals surface area contributed by atoms with Crippen LogP contribution < -0.4 is 10.6 Å². The lowest BCUT2D eigenvalue weighted by Gasteiger charge is -2.14. The van der Waals surface area contributed by atoms with E-state index in [9.17, 15) is 9.59 Å². The van der Waals surface area contributed by atoms with Gasteiger partial charge < -0.3 is 10.6 Å². The lowest BCUT2D eigenvalue weighted by molar-refractivity contribution is -0.114. The summed E-state index contributed by atoms with van der Waals surface area (Å²) in [6, 6.07) is 38.0. The Kier molecular flexibility index (Phi) is 6.89. The van der Waals surface area contributed by atoms with Crippen LogP contribution in [-0.4, -0.2) is 34.8 Å². The summed E-state index contributed by atoms with van der Waals surface area (Å²) in [5.41, 5.74) is 1.69. The van der Waals surface area contributed by atoms with Crippen molar-refractivity contribution < 1.29 is 9.59 Å². The van der Waals surface area contributed by atoms with E-state index in [0.717, 1.165) is 33.7 Å². The van der Waals surface area contributed by atoms with Gasteiger partial charge in [-0.05, 0) is 66.0 Å². The van der Waals surface area contributed by atoms with Gasteiger partial charge in [-0.1, -0.05) is 97.1 Å². The van der Waals surface area contributed by atoms with Crippen LogP contribution in [0.3, 0.4) is 0 Å². The van der Waals surface area contributed by atoms with Gasteiger partial charge in [0.25, 0.3) is 0 Å². The van der Waals surface area contributed by atoms with Crippen molar-refractivity contribution in [3.63, 3.8) is 0 Å². The molecule has 0 radical (unpaired) electrons. The lowest BCUT2D eigenvalue weighted by Crippen LogP contribution is -2.16. The van der Waals surface area contributed by atoms with E-state index < -0.39 is 0 Å². The second-order valence-electron chi connectivity index (χ2n) is 11.1. The van der Waals surface area contributed by atoms with Crippen molar-refractivity contribution in [3.05, 3.63) is 109 Å². The molecule has 6 heteroatoms. The summed E-state index contributed by atoms with van der Waals surface area (Å²) in [6.07, 6.45) is 0. The molecular weight excluding hydrogens is 581 g/mol. The first kappa shape index (κ1) is 27.1. The Morgan fingerprint density at radius 2 is 0.773 bits per heavy atom. The van der Waals surface area contributed by atoms with Gasteiger partial charge in [0.05, 0.1) is 11.5 Å². The summed E-state index contributed by atoms with van der Waals surface area (Å²) in [5.74, 6) is 2.31. The number of hydrogen-bond acceptors (Lipinski definition) is 4. The molecule has 0 spiro atoms. The first-order valence-corrected chi connectivity index (χ1v) is 17.0. The third-order valence-corrected chi connectivity index (χ3v) is 10.6. The van der Waals surface area contributed by atoms with Crippen molar-refractivity contribution in [1.29, 1.82) is 0 Å². The maximum Gasteiger partial charge on any atom is 0.234 e. The molecule has 0 bridgehead atoms. The van der Waals surface area contributed by atoms with Gasteiger partial charge in [-0.15, -0.1) is 0 Å². The standard InChI is InChI=1S/C38H28N2O2S2/c41-33(39-31-17-13-27-9-7-23-3-1-5-25-11-15-29(31)37(27)35(23)25)21-43-19-20-44-22-34(42)40-32-18-14-28-10-8-24-4-2-6-26-12-16-30(32)38(28)36(24)26/h1-18H,19-22H2,(H,39,41)(H,40,42). The van der Waals surface area contributed by atoms with E-state index in [1.807, 2.05) is 12.1 Å². The van der Waals surface area contributed by atoms with E-state index in [0.29, 0.717) is 11.5 Å². The Balaban J connectivity index is 0.853. The molecule has 0 fully saturated rings. The smallest absolute Gasteiger partial charge is 0.234 e. The van der Waals surface area contributed by atoms with Crippen LogP contribution in [0.4, 0.5) is 11.4 Å². The highest BCUT2D eigenvalue weighted by molar-refractivity contribution is 8.03. The highest BCUT2D eigenvalue weighted by atomic mass is 32.2. The largest absolute Gasteiger partial charge is 0.325 e. The van der Waals surface area contributed by atoms with E-state index in [-0.39, 0.29) is 11.8 Å². The number of carbonyl (C=O) groups excluding carboxylic acids is 2. The molecule has 0 aliphatic heterocycles. The average Bonchev–Trinajstić information content (AvgIpc) is 3.05. The van der Waals surface area contributed by atoms with Crippen LogP contribution in [0.25, 0.3) is 64.6 Å². The fraction of sp³-hybridized carbons (Fsp3) is 0.105. The van der Waals surface area contributed by atoms with Crippen LogP contribution in [-0.2, 0) is 9.59 Å². The summed E-state index contributed by atoms with van der Waals surface area (Å²) in [5, 5.41) is 20.5. The van der Waals surface area contributed by atoms with Crippen molar-refractivity contribution in [3.8, 4) is 0 Å². The maximum absolute atomic E-state index is 12.8. The second kappa shape index (κ2) is 11.2. The fourth-order valence-corrected chi connectivity index (χ4v) is 8.26. The van der Waals surface area contributed by atoms with E-state index in [4.69, 9.17) is 0 Å². The van der Waals surface area contributed by atoms with E-state index in [2.05, 4.69) is 108 Å². The normalized spacial score (nSPS) is 11.9. The number of nitrogens with one attached hydrogen (secondary N) is 2. The molecule has 0 saturated heterocycles. The maximum atomic E-state index is 12.8. The van der Waals surface area contributed by atoms with E-state index >= 15 is 0 Å². The van der Waals surface area contributed by atoms with Gasteiger partial charge in [0.2, 0.25) is 11.8 Å². The zero-order valence-electron chi connectivity index (χ0n) is 23.9. The average molecular weight is 609 g/mol. The third kappa shape index (κ3) is 4.75.